The highest BCUT2D eigenvalue weighted by Crippen LogP contribution is 2.31. The first-order valence-electron chi connectivity index (χ1n) is 15.1. The molecule has 3 heterocycles. The molecule has 5 aromatic rings. The molecule has 1 saturated heterocycles. The standard InChI is InChI=1S/C24H20N6O3.C9H15NO3S/c1-2-33-24-25-20-9-5-8-19(23(31)32)21(20)30(24)14-15-10-12-16(13-11-15)17-6-3-4-7-18(17)22-26-28-29-27-22;1-6(5-14)8(11)10-4-2-3-7(10)9(12)13/h3-13H,2,14H2,1H3,(H,31,32)(H,26,27,28,29);6-7,14H,2-5H2,1H3,(H,12,13)/t;6-,7+/m.1/s1. The van der Waals surface area contributed by atoms with E-state index in [1.807, 2.05) is 60.0 Å². The van der Waals surface area contributed by atoms with E-state index in [4.69, 9.17) is 9.84 Å². The number of tetrazole rings is 1. The fourth-order valence-electron chi connectivity index (χ4n) is 5.55. The second kappa shape index (κ2) is 14.9. The third kappa shape index (κ3) is 7.27. The average molecular weight is 658 g/mol. The number of benzene rings is 3. The number of nitrogens with one attached hydrogen (secondary N) is 1. The summed E-state index contributed by atoms with van der Waals surface area (Å²) in [5.74, 6) is -1.20. The number of likely N-dealkylation sites (tertiary alicyclic amines) is 1. The van der Waals surface area contributed by atoms with Gasteiger partial charge in [0.25, 0.3) is 6.01 Å². The van der Waals surface area contributed by atoms with Crippen molar-refractivity contribution in [2.45, 2.75) is 39.3 Å². The Labute approximate surface area is 276 Å². The molecule has 1 aliphatic rings. The van der Waals surface area contributed by atoms with Crippen LogP contribution in [-0.4, -0.2) is 88.1 Å². The van der Waals surface area contributed by atoms with Gasteiger partial charge in [0.05, 0.1) is 29.7 Å². The average Bonchev–Trinajstić information content (AvgIpc) is 3.86. The molecule has 0 bridgehead atoms. The highest BCUT2D eigenvalue weighted by atomic mass is 32.1. The Balaban J connectivity index is 0.000000261. The monoisotopic (exact) mass is 657 g/mol. The van der Waals surface area contributed by atoms with Gasteiger partial charge in [-0.25, -0.2) is 9.59 Å². The molecule has 0 spiro atoms. The Morgan fingerprint density at radius 3 is 2.43 bits per heavy atom. The number of aromatic nitrogens is 6. The maximum absolute atomic E-state index is 11.8. The van der Waals surface area contributed by atoms with Crippen LogP contribution >= 0.6 is 12.6 Å². The van der Waals surface area contributed by atoms with Crippen molar-refractivity contribution in [2.24, 2.45) is 5.92 Å². The van der Waals surface area contributed by atoms with E-state index in [1.165, 1.54) is 4.90 Å². The molecular formula is C33H35N7O6S. The van der Waals surface area contributed by atoms with Gasteiger partial charge in [-0.1, -0.05) is 61.5 Å². The fraction of sp³-hybridized carbons (Fsp3) is 0.303. The lowest BCUT2D eigenvalue weighted by atomic mass is 9.98. The van der Waals surface area contributed by atoms with Crippen molar-refractivity contribution in [3.05, 3.63) is 77.9 Å². The minimum Gasteiger partial charge on any atom is -0.480 e. The number of carbonyl (C=O) groups is 3. The van der Waals surface area contributed by atoms with Gasteiger partial charge in [-0.05, 0) is 53.8 Å². The predicted octanol–water partition coefficient (Wildman–Crippen LogP) is 4.66. The molecule has 3 N–H and O–H groups in total. The Morgan fingerprint density at radius 1 is 1.04 bits per heavy atom. The van der Waals surface area contributed by atoms with Gasteiger partial charge in [-0.15, -0.1) is 10.2 Å². The van der Waals surface area contributed by atoms with Gasteiger partial charge in [0.1, 0.15) is 6.04 Å². The zero-order chi connectivity index (χ0) is 33.5. The second-order valence-electron chi connectivity index (χ2n) is 11.0. The number of para-hydroxylation sites is 1. The first-order chi connectivity index (χ1) is 22.7. The summed E-state index contributed by atoms with van der Waals surface area (Å²) in [7, 11) is 0. The van der Waals surface area contributed by atoms with Gasteiger partial charge < -0.3 is 19.8 Å². The first-order valence-corrected chi connectivity index (χ1v) is 15.8. The van der Waals surface area contributed by atoms with Crippen LogP contribution in [0.3, 0.4) is 0 Å². The van der Waals surface area contributed by atoms with Crippen molar-refractivity contribution < 1.29 is 29.3 Å². The van der Waals surface area contributed by atoms with E-state index in [-0.39, 0.29) is 17.4 Å². The maximum atomic E-state index is 11.8. The Morgan fingerprint density at radius 2 is 1.79 bits per heavy atom. The Hall–Kier alpha value is -5.24. The van der Waals surface area contributed by atoms with Crippen molar-refractivity contribution in [3.8, 4) is 28.5 Å². The Kier molecular flexibility index (Phi) is 10.5. The van der Waals surface area contributed by atoms with Crippen LogP contribution in [0.5, 0.6) is 6.01 Å². The van der Waals surface area contributed by atoms with E-state index in [0.29, 0.717) is 54.7 Å². The number of nitrogens with zero attached hydrogens (tertiary/aromatic N) is 6. The maximum Gasteiger partial charge on any atom is 0.337 e. The largest absolute Gasteiger partial charge is 0.480 e. The van der Waals surface area contributed by atoms with E-state index in [9.17, 15) is 19.5 Å². The van der Waals surface area contributed by atoms with Crippen LogP contribution in [0.2, 0.25) is 0 Å². The van der Waals surface area contributed by atoms with Crippen molar-refractivity contribution in [2.75, 3.05) is 18.9 Å². The van der Waals surface area contributed by atoms with E-state index in [0.717, 1.165) is 28.7 Å². The molecule has 0 radical (unpaired) electrons. The minimum absolute atomic E-state index is 0.0927. The van der Waals surface area contributed by atoms with Crippen molar-refractivity contribution in [1.82, 2.24) is 35.1 Å². The number of rotatable bonds is 10. The normalized spacial score (nSPS) is 14.8. The number of imidazole rings is 1. The lowest BCUT2D eigenvalue weighted by molar-refractivity contribution is -0.149. The zero-order valence-electron chi connectivity index (χ0n) is 25.9. The van der Waals surface area contributed by atoms with Crippen LogP contribution in [0, 0.1) is 5.92 Å². The van der Waals surface area contributed by atoms with E-state index in [1.54, 1.807) is 25.1 Å². The third-order valence-corrected chi connectivity index (χ3v) is 8.42. The summed E-state index contributed by atoms with van der Waals surface area (Å²) in [6.07, 6.45) is 1.35. The van der Waals surface area contributed by atoms with Crippen LogP contribution in [0.4, 0.5) is 0 Å². The van der Waals surface area contributed by atoms with Crippen molar-refractivity contribution in [1.29, 1.82) is 0 Å². The van der Waals surface area contributed by atoms with E-state index in [2.05, 4.69) is 38.2 Å². The molecule has 13 nitrogen and oxygen atoms in total. The number of carbonyl (C=O) groups excluding carboxylic acids is 1. The molecule has 6 rings (SSSR count). The predicted molar refractivity (Wildman–Crippen MR) is 177 cm³/mol. The van der Waals surface area contributed by atoms with Crippen LogP contribution in [0.25, 0.3) is 33.5 Å². The van der Waals surface area contributed by atoms with Crippen LogP contribution in [0.15, 0.2) is 66.7 Å². The molecule has 1 fully saturated rings. The number of hydrogen-bond acceptors (Lipinski definition) is 9. The Bertz CT molecular complexity index is 1860. The van der Waals surface area contributed by atoms with Crippen LogP contribution in [0.1, 0.15) is 42.6 Å². The summed E-state index contributed by atoms with van der Waals surface area (Å²) in [6.45, 7) is 5.05. The molecule has 244 valence electrons. The summed E-state index contributed by atoms with van der Waals surface area (Å²) in [5, 5.41) is 32.9. The number of fused-ring (bicyclic) bond motifs is 1. The molecule has 2 atom stereocenters. The van der Waals surface area contributed by atoms with E-state index < -0.39 is 18.0 Å². The number of carboxylic acids is 2. The van der Waals surface area contributed by atoms with Crippen LogP contribution < -0.4 is 4.74 Å². The molecule has 14 heteroatoms. The number of carboxylic acid groups (broad SMARTS) is 2. The number of aromatic carboxylic acids is 1. The number of H-pyrrole nitrogens is 1. The topological polar surface area (TPSA) is 176 Å². The van der Waals surface area contributed by atoms with Crippen molar-refractivity contribution in [3.63, 3.8) is 0 Å². The lowest BCUT2D eigenvalue weighted by Crippen LogP contribution is -2.43. The smallest absolute Gasteiger partial charge is 0.337 e. The molecular weight excluding hydrogens is 622 g/mol. The minimum atomic E-state index is -1.00. The molecule has 0 aliphatic carbocycles. The highest BCUT2D eigenvalue weighted by Gasteiger charge is 2.35. The molecule has 47 heavy (non-hydrogen) atoms. The first kappa shape index (κ1) is 33.1. The van der Waals surface area contributed by atoms with Gasteiger partial charge in [0, 0.05) is 23.8 Å². The molecule has 2 aromatic heterocycles. The van der Waals surface area contributed by atoms with Crippen molar-refractivity contribution >= 4 is 41.5 Å². The molecule has 0 saturated carbocycles. The van der Waals surface area contributed by atoms with Crippen LogP contribution in [-0.2, 0) is 16.1 Å². The number of ether oxygens (including phenoxy) is 1. The summed E-state index contributed by atoms with van der Waals surface area (Å²) in [5.41, 5.74) is 5.17. The summed E-state index contributed by atoms with van der Waals surface area (Å²) in [4.78, 5) is 40.3. The summed E-state index contributed by atoms with van der Waals surface area (Å²) in [6, 6.07) is 20.7. The molecule has 0 unspecified atom stereocenters. The fourth-order valence-corrected chi connectivity index (χ4v) is 5.71. The third-order valence-electron chi connectivity index (χ3n) is 7.87. The number of hydrogen-bond donors (Lipinski definition) is 4. The van der Waals surface area contributed by atoms with Gasteiger partial charge in [0.15, 0.2) is 0 Å². The molecule has 1 aliphatic heterocycles. The van der Waals surface area contributed by atoms with Gasteiger partial charge in [-0.3, -0.25) is 9.36 Å². The van der Waals surface area contributed by atoms with Gasteiger partial charge in [-0.2, -0.15) is 22.8 Å². The number of aromatic amines is 1. The summed E-state index contributed by atoms with van der Waals surface area (Å²) < 4.78 is 7.53. The SMILES string of the molecule is CCOc1nc2cccc(C(=O)O)c2n1Cc1ccc(-c2ccccc2-c2nn[nH]n2)cc1.C[C@H](CS)C(=O)N1CCC[C@H]1C(=O)O. The summed E-state index contributed by atoms with van der Waals surface area (Å²) >= 11 is 4.03. The number of thiol groups is 1. The number of amides is 1. The lowest BCUT2D eigenvalue weighted by Gasteiger charge is -2.24. The van der Waals surface area contributed by atoms with E-state index >= 15 is 0 Å². The highest BCUT2D eigenvalue weighted by molar-refractivity contribution is 7.80. The zero-order valence-corrected chi connectivity index (χ0v) is 26.8. The second-order valence-corrected chi connectivity index (χ2v) is 11.3. The number of aliphatic carboxylic acids is 1. The van der Waals surface area contributed by atoms with Gasteiger partial charge >= 0.3 is 11.9 Å². The molecule has 3 aromatic carbocycles. The quantitative estimate of drug-likeness (QED) is 0.155. The molecule has 1 amide bonds. The van der Waals surface area contributed by atoms with Gasteiger partial charge in [0.2, 0.25) is 11.7 Å².